The van der Waals surface area contributed by atoms with Crippen LogP contribution < -0.4 is 4.74 Å². The van der Waals surface area contributed by atoms with Gasteiger partial charge in [-0.1, -0.05) is 85.0 Å². The molecule has 2 rings (SSSR count). The van der Waals surface area contributed by atoms with Gasteiger partial charge in [0.25, 0.3) is 0 Å². The van der Waals surface area contributed by atoms with Crippen LogP contribution in [0.4, 0.5) is 4.39 Å². The molecule has 2 atom stereocenters. The third-order valence-corrected chi connectivity index (χ3v) is 6.56. The summed E-state index contributed by atoms with van der Waals surface area (Å²) in [6, 6.07) is 7.75. The molecule has 0 saturated heterocycles. The van der Waals surface area contributed by atoms with Crippen molar-refractivity contribution in [3.05, 3.63) is 42.2 Å². The number of nitrogens with zero attached hydrogens (tertiary/aromatic N) is 2. The van der Waals surface area contributed by atoms with E-state index in [9.17, 15) is 4.39 Å². The highest BCUT2D eigenvalue weighted by molar-refractivity contribution is 5.55. The standard InChI is InChI=1S/C29H45FN2O/c1-4-6-7-8-9-10-11-12-13-14-15-25-22-31-29(32-23-25)26-16-18-27(19-17-26)33-21-20-28(30)24(3)5-2/h16-19,22-24,28H,4-15,20-21H2,1-3H3. The van der Waals surface area contributed by atoms with E-state index in [2.05, 4.69) is 16.9 Å². The van der Waals surface area contributed by atoms with Crippen molar-refractivity contribution in [2.45, 2.75) is 110 Å². The Hall–Kier alpha value is -1.97. The fourth-order valence-corrected chi connectivity index (χ4v) is 3.98. The number of rotatable bonds is 18. The number of halogens is 1. The second-order valence-electron chi connectivity index (χ2n) is 9.41. The molecule has 1 aromatic carbocycles. The van der Waals surface area contributed by atoms with Crippen LogP contribution in [0.25, 0.3) is 11.4 Å². The number of aryl methyl sites for hydroxylation is 1. The number of hydrogen-bond donors (Lipinski definition) is 0. The Morgan fingerprint density at radius 1 is 0.818 bits per heavy atom. The molecule has 184 valence electrons. The van der Waals surface area contributed by atoms with Gasteiger partial charge in [0, 0.05) is 24.4 Å². The first-order valence-electron chi connectivity index (χ1n) is 13.3. The largest absolute Gasteiger partial charge is 0.493 e. The third kappa shape index (κ3) is 11.1. The molecule has 1 heterocycles. The van der Waals surface area contributed by atoms with Crippen molar-refractivity contribution < 1.29 is 9.13 Å². The summed E-state index contributed by atoms with van der Waals surface area (Å²) in [5, 5.41) is 0. The SMILES string of the molecule is CCCCCCCCCCCCc1cnc(-c2ccc(OCCC(F)C(C)CC)cc2)nc1. The van der Waals surface area contributed by atoms with Gasteiger partial charge in [-0.15, -0.1) is 0 Å². The van der Waals surface area contributed by atoms with Crippen LogP contribution in [0.15, 0.2) is 36.7 Å². The number of aromatic nitrogens is 2. The predicted octanol–water partition coefficient (Wildman–Crippen LogP) is 8.76. The van der Waals surface area contributed by atoms with E-state index in [4.69, 9.17) is 4.74 Å². The molecule has 0 N–H and O–H groups in total. The van der Waals surface area contributed by atoms with Gasteiger partial charge in [0.05, 0.1) is 6.61 Å². The van der Waals surface area contributed by atoms with Gasteiger partial charge < -0.3 is 4.74 Å². The predicted molar refractivity (Wildman–Crippen MR) is 137 cm³/mol. The number of hydrogen-bond acceptors (Lipinski definition) is 3. The van der Waals surface area contributed by atoms with E-state index < -0.39 is 6.17 Å². The Labute approximate surface area is 201 Å². The average Bonchev–Trinajstić information content (AvgIpc) is 2.85. The first kappa shape index (κ1) is 27.3. The zero-order valence-corrected chi connectivity index (χ0v) is 21.2. The minimum atomic E-state index is -0.804. The lowest BCUT2D eigenvalue weighted by Crippen LogP contribution is -2.15. The van der Waals surface area contributed by atoms with Gasteiger partial charge >= 0.3 is 0 Å². The van der Waals surface area contributed by atoms with Crippen LogP contribution in [0.1, 0.15) is 103 Å². The molecule has 3 nitrogen and oxygen atoms in total. The number of benzene rings is 1. The number of alkyl halides is 1. The average molecular weight is 457 g/mol. The Bertz CT molecular complexity index is 732. The van der Waals surface area contributed by atoms with Gasteiger partial charge in [-0.2, -0.15) is 0 Å². The summed E-state index contributed by atoms with van der Waals surface area (Å²) in [4.78, 5) is 9.11. The fraction of sp³-hybridized carbons (Fsp3) is 0.655. The Kier molecular flexibility index (Phi) is 13.7. The summed E-state index contributed by atoms with van der Waals surface area (Å²) in [7, 11) is 0. The number of unbranched alkanes of at least 4 members (excludes halogenated alkanes) is 9. The molecule has 33 heavy (non-hydrogen) atoms. The summed E-state index contributed by atoms with van der Waals surface area (Å²) < 4.78 is 19.6. The van der Waals surface area contributed by atoms with Crippen LogP contribution in [0.2, 0.25) is 0 Å². The maximum absolute atomic E-state index is 13.9. The normalized spacial score (nSPS) is 13.1. The van der Waals surface area contributed by atoms with Crippen molar-refractivity contribution in [2.75, 3.05) is 6.61 Å². The molecule has 0 bridgehead atoms. The monoisotopic (exact) mass is 456 g/mol. The van der Waals surface area contributed by atoms with Gasteiger partial charge in [-0.05, 0) is 48.6 Å². The summed E-state index contributed by atoms with van der Waals surface area (Å²) >= 11 is 0. The highest BCUT2D eigenvalue weighted by Gasteiger charge is 2.14. The molecular formula is C29H45FN2O. The third-order valence-electron chi connectivity index (χ3n) is 6.56. The van der Waals surface area contributed by atoms with Crippen molar-refractivity contribution in [2.24, 2.45) is 5.92 Å². The highest BCUT2D eigenvalue weighted by atomic mass is 19.1. The zero-order chi connectivity index (χ0) is 23.7. The molecule has 4 heteroatoms. The molecule has 0 amide bonds. The number of ether oxygens (including phenoxy) is 1. The second-order valence-corrected chi connectivity index (χ2v) is 9.41. The molecule has 2 aromatic rings. The summed E-state index contributed by atoms with van der Waals surface area (Å²) in [6.07, 6.45) is 19.0. The van der Waals surface area contributed by atoms with Crippen molar-refractivity contribution in [3.63, 3.8) is 0 Å². The van der Waals surface area contributed by atoms with E-state index in [1.54, 1.807) is 0 Å². The van der Waals surface area contributed by atoms with Crippen LogP contribution in [-0.2, 0) is 6.42 Å². The first-order valence-corrected chi connectivity index (χ1v) is 13.3. The Morgan fingerprint density at radius 3 is 1.97 bits per heavy atom. The van der Waals surface area contributed by atoms with Crippen LogP contribution >= 0.6 is 0 Å². The molecule has 0 fully saturated rings. The molecule has 0 aliphatic rings. The van der Waals surface area contributed by atoms with Gasteiger partial charge in [-0.3, -0.25) is 0 Å². The van der Waals surface area contributed by atoms with E-state index in [0.717, 1.165) is 30.0 Å². The maximum atomic E-state index is 13.9. The fourth-order valence-electron chi connectivity index (χ4n) is 3.98. The Balaban J connectivity index is 1.64. The summed E-state index contributed by atoms with van der Waals surface area (Å²) in [5.74, 6) is 1.57. The lowest BCUT2D eigenvalue weighted by molar-refractivity contribution is 0.182. The second kappa shape index (κ2) is 16.6. The van der Waals surface area contributed by atoms with Crippen LogP contribution in [0, 0.1) is 5.92 Å². The van der Waals surface area contributed by atoms with Crippen molar-refractivity contribution in [1.82, 2.24) is 9.97 Å². The minimum Gasteiger partial charge on any atom is -0.493 e. The summed E-state index contributed by atoms with van der Waals surface area (Å²) in [5.41, 5.74) is 2.18. The smallest absolute Gasteiger partial charge is 0.159 e. The van der Waals surface area contributed by atoms with Crippen LogP contribution in [0.5, 0.6) is 5.75 Å². The molecule has 0 aliphatic carbocycles. The van der Waals surface area contributed by atoms with Crippen molar-refractivity contribution in [1.29, 1.82) is 0 Å². The molecular weight excluding hydrogens is 411 g/mol. The van der Waals surface area contributed by atoms with E-state index >= 15 is 0 Å². The van der Waals surface area contributed by atoms with Crippen LogP contribution in [0.3, 0.4) is 0 Å². The quantitative estimate of drug-likeness (QED) is 0.210. The molecule has 0 saturated carbocycles. The molecule has 0 spiro atoms. The maximum Gasteiger partial charge on any atom is 0.159 e. The lowest BCUT2D eigenvalue weighted by atomic mass is 10.0. The van der Waals surface area contributed by atoms with Crippen molar-refractivity contribution >= 4 is 0 Å². The first-order chi connectivity index (χ1) is 16.1. The van der Waals surface area contributed by atoms with Gasteiger partial charge in [0.2, 0.25) is 0 Å². The molecule has 1 aromatic heterocycles. The highest BCUT2D eigenvalue weighted by Crippen LogP contribution is 2.21. The van der Waals surface area contributed by atoms with E-state index in [1.807, 2.05) is 50.5 Å². The molecule has 0 aliphatic heterocycles. The van der Waals surface area contributed by atoms with E-state index in [0.29, 0.717) is 13.0 Å². The van der Waals surface area contributed by atoms with Gasteiger partial charge in [0.15, 0.2) is 5.82 Å². The summed E-state index contributed by atoms with van der Waals surface area (Å²) in [6.45, 7) is 6.63. The van der Waals surface area contributed by atoms with Gasteiger partial charge in [0.1, 0.15) is 11.9 Å². The topological polar surface area (TPSA) is 35.0 Å². The lowest BCUT2D eigenvalue weighted by Gasteiger charge is -2.15. The zero-order valence-electron chi connectivity index (χ0n) is 21.2. The van der Waals surface area contributed by atoms with E-state index in [1.165, 1.54) is 69.8 Å². The van der Waals surface area contributed by atoms with Crippen LogP contribution in [-0.4, -0.2) is 22.7 Å². The minimum absolute atomic E-state index is 0.0844. The molecule has 2 unspecified atom stereocenters. The van der Waals surface area contributed by atoms with Gasteiger partial charge in [-0.25, -0.2) is 14.4 Å². The van der Waals surface area contributed by atoms with E-state index in [-0.39, 0.29) is 5.92 Å². The van der Waals surface area contributed by atoms with Crippen molar-refractivity contribution in [3.8, 4) is 17.1 Å². The Morgan fingerprint density at radius 2 is 1.39 bits per heavy atom. The molecule has 0 radical (unpaired) electrons.